The number of benzene rings is 1. The zero-order valence-corrected chi connectivity index (χ0v) is 14.1. The summed E-state index contributed by atoms with van der Waals surface area (Å²) in [5.74, 6) is 1.39. The highest BCUT2D eigenvalue weighted by Gasteiger charge is 2.26. The van der Waals surface area contributed by atoms with Gasteiger partial charge in [0.1, 0.15) is 11.9 Å². The lowest BCUT2D eigenvalue weighted by Crippen LogP contribution is -2.36. The van der Waals surface area contributed by atoms with Gasteiger partial charge < -0.3 is 14.6 Å². The summed E-state index contributed by atoms with van der Waals surface area (Å²) in [7, 11) is 0. The van der Waals surface area contributed by atoms with Crippen LogP contribution in [-0.4, -0.2) is 28.2 Å². The molecule has 0 bridgehead atoms. The monoisotopic (exact) mass is 315 g/mol. The van der Waals surface area contributed by atoms with Crippen molar-refractivity contribution >= 4 is 16.9 Å². The van der Waals surface area contributed by atoms with E-state index in [1.807, 2.05) is 25.1 Å². The minimum atomic E-state index is -0.305. The van der Waals surface area contributed by atoms with Gasteiger partial charge in [0.25, 0.3) is 0 Å². The molecule has 1 amide bonds. The first-order valence-corrected chi connectivity index (χ1v) is 8.43. The Morgan fingerprint density at radius 3 is 2.87 bits per heavy atom. The molecule has 0 aliphatic carbocycles. The number of nitrogens with zero attached hydrogens (tertiary/aromatic N) is 2. The summed E-state index contributed by atoms with van der Waals surface area (Å²) >= 11 is 0. The Morgan fingerprint density at radius 1 is 1.39 bits per heavy atom. The summed E-state index contributed by atoms with van der Waals surface area (Å²) in [6.45, 7) is 7.93. The first-order chi connectivity index (χ1) is 11.1. The number of hydrogen-bond acceptors (Lipinski definition) is 3. The Hall–Kier alpha value is -1.88. The van der Waals surface area contributed by atoms with Crippen molar-refractivity contribution in [3.63, 3.8) is 0 Å². The largest absolute Gasteiger partial charge is 0.368 e. The molecule has 1 fully saturated rings. The quantitative estimate of drug-likeness (QED) is 0.922. The number of carbonyl (C=O) groups excluding carboxylic acids is 1. The first-order valence-electron chi connectivity index (χ1n) is 8.43. The number of ether oxygens (including phenoxy) is 1. The van der Waals surface area contributed by atoms with E-state index < -0.39 is 0 Å². The molecule has 2 heterocycles. The molecule has 5 heteroatoms. The van der Waals surface area contributed by atoms with Crippen LogP contribution in [0.4, 0.5) is 0 Å². The van der Waals surface area contributed by atoms with Crippen molar-refractivity contribution in [3.05, 3.63) is 30.1 Å². The van der Waals surface area contributed by atoms with E-state index in [1.54, 1.807) is 0 Å². The fourth-order valence-electron chi connectivity index (χ4n) is 3.14. The summed E-state index contributed by atoms with van der Waals surface area (Å²) < 4.78 is 7.69. The van der Waals surface area contributed by atoms with Crippen LogP contribution in [0.1, 0.15) is 45.5 Å². The second-order valence-electron chi connectivity index (χ2n) is 6.70. The van der Waals surface area contributed by atoms with Crippen molar-refractivity contribution in [2.75, 3.05) is 6.61 Å². The first kappa shape index (κ1) is 16.0. The molecule has 124 valence electrons. The molecule has 0 radical (unpaired) electrons. The Morgan fingerprint density at radius 2 is 2.17 bits per heavy atom. The van der Waals surface area contributed by atoms with E-state index in [2.05, 4.69) is 29.8 Å². The summed E-state index contributed by atoms with van der Waals surface area (Å²) in [5.41, 5.74) is 2.09. The van der Waals surface area contributed by atoms with Gasteiger partial charge in [0.15, 0.2) is 0 Å². The molecule has 2 unspecified atom stereocenters. The third kappa shape index (κ3) is 3.39. The SMILES string of the molecule is CC(C)Cn1c(C(C)NC(=O)C2CCCO2)nc2ccccc21. The van der Waals surface area contributed by atoms with Crippen LogP contribution >= 0.6 is 0 Å². The molecule has 1 aromatic carbocycles. The molecule has 0 saturated carbocycles. The average Bonchev–Trinajstić information content (AvgIpc) is 3.15. The van der Waals surface area contributed by atoms with Crippen LogP contribution in [0.3, 0.4) is 0 Å². The molecule has 23 heavy (non-hydrogen) atoms. The highest BCUT2D eigenvalue weighted by Crippen LogP contribution is 2.23. The lowest BCUT2D eigenvalue weighted by Gasteiger charge is -2.19. The Kier molecular flexibility index (Phi) is 4.66. The normalized spacial score (nSPS) is 19.4. The van der Waals surface area contributed by atoms with Gasteiger partial charge in [0.2, 0.25) is 5.91 Å². The van der Waals surface area contributed by atoms with Crippen LogP contribution in [0.25, 0.3) is 11.0 Å². The van der Waals surface area contributed by atoms with Gasteiger partial charge >= 0.3 is 0 Å². The number of carbonyl (C=O) groups is 1. The molecular formula is C18H25N3O2. The molecular weight excluding hydrogens is 290 g/mol. The van der Waals surface area contributed by atoms with Crippen LogP contribution in [0.2, 0.25) is 0 Å². The van der Waals surface area contributed by atoms with Gasteiger partial charge in [-0.05, 0) is 37.8 Å². The third-order valence-corrected chi connectivity index (χ3v) is 4.20. The Balaban J connectivity index is 1.86. The number of fused-ring (bicyclic) bond motifs is 1. The maximum Gasteiger partial charge on any atom is 0.249 e. The van der Waals surface area contributed by atoms with E-state index in [0.29, 0.717) is 12.5 Å². The lowest BCUT2D eigenvalue weighted by molar-refractivity contribution is -0.130. The van der Waals surface area contributed by atoms with E-state index in [4.69, 9.17) is 9.72 Å². The van der Waals surface area contributed by atoms with Crippen LogP contribution in [0, 0.1) is 5.92 Å². The van der Waals surface area contributed by atoms with Crippen molar-refractivity contribution in [1.29, 1.82) is 0 Å². The molecule has 1 saturated heterocycles. The fourth-order valence-corrected chi connectivity index (χ4v) is 3.14. The van der Waals surface area contributed by atoms with Crippen molar-refractivity contribution in [2.24, 2.45) is 5.92 Å². The van der Waals surface area contributed by atoms with Gasteiger partial charge in [-0.2, -0.15) is 0 Å². The van der Waals surface area contributed by atoms with E-state index >= 15 is 0 Å². The van der Waals surface area contributed by atoms with Crippen LogP contribution in [0.5, 0.6) is 0 Å². The highest BCUT2D eigenvalue weighted by atomic mass is 16.5. The van der Waals surface area contributed by atoms with Crippen LogP contribution in [-0.2, 0) is 16.1 Å². The van der Waals surface area contributed by atoms with Crippen molar-refractivity contribution < 1.29 is 9.53 Å². The summed E-state index contributed by atoms with van der Waals surface area (Å²) in [5, 5.41) is 3.07. The highest BCUT2D eigenvalue weighted by molar-refractivity contribution is 5.81. The number of imidazole rings is 1. The molecule has 5 nitrogen and oxygen atoms in total. The third-order valence-electron chi connectivity index (χ3n) is 4.20. The molecule has 1 aliphatic heterocycles. The van der Waals surface area contributed by atoms with E-state index in [0.717, 1.165) is 36.2 Å². The molecule has 1 N–H and O–H groups in total. The number of aromatic nitrogens is 2. The minimum Gasteiger partial charge on any atom is -0.368 e. The second-order valence-corrected chi connectivity index (χ2v) is 6.70. The number of rotatable bonds is 5. The molecule has 0 spiro atoms. The predicted molar refractivity (Wildman–Crippen MR) is 90.1 cm³/mol. The molecule has 2 atom stereocenters. The molecule has 3 rings (SSSR count). The lowest BCUT2D eigenvalue weighted by atomic mass is 10.2. The Labute approximate surface area is 137 Å². The van der Waals surface area contributed by atoms with Gasteiger partial charge in [0, 0.05) is 13.2 Å². The number of para-hydroxylation sites is 2. The summed E-state index contributed by atoms with van der Waals surface area (Å²) in [6, 6.07) is 7.99. The Bertz CT molecular complexity index is 687. The standard InChI is InChI=1S/C18H25N3O2/c1-12(2)11-21-15-8-5-4-7-14(15)20-17(21)13(3)19-18(22)16-9-6-10-23-16/h4-5,7-8,12-13,16H,6,9-11H2,1-3H3,(H,19,22). The topological polar surface area (TPSA) is 56.2 Å². The van der Waals surface area contributed by atoms with E-state index in [1.165, 1.54) is 0 Å². The molecule has 1 aromatic heterocycles. The number of hydrogen-bond donors (Lipinski definition) is 1. The van der Waals surface area contributed by atoms with Gasteiger partial charge in [-0.3, -0.25) is 4.79 Å². The maximum atomic E-state index is 12.3. The summed E-state index contributed by atoms with van der Waals surface area (Å²) in [4.78, 5) is 17.1. The molecule has 1 aliphatic rings. The van der Waals surface area contributed by atoms with Gasteiger partial charge in [-0.25, -0.2) is 4.98 Å². The van der Waals surface area contributed by atoms with Gasteiger partial charge in [0.05, 0.1) is 17.1 Å². The second kappa shape index (κ2) is 6.71. The zero-order chi connectivity index (χ0) is 16.4. The minimum absolute atomic E-state index is 0.0295. The van der Waals surface area contributed by atoms with Crippen molar-refractivity contribution in [2.45, 2.75) is 52.3 Å². The summed E-state index contributed by atoms with van der Waals surface area (Å²) in [6.07, 6.45) is 1.46. The van der Waals surface area contributed by atoms with Crippen molar-refractivity contribution in [1.82, 2.24) is 14.9 Å². The maximum absolute atomic E-state index is 12.3. The molecule has 2 aromatic rings. The smallest absolute Gasteiger partial charge is 0.249 e. The van der Waals surface area contributed by atoms with Crippen LogP contribution in [0.15, 0.2) is 24.3 Å². The number of nitrogens with one attached hydrogen (secondary N) is 1. The van der Waals surface area contributed by atoms with Gasteiger partial charge in [-0.1, -0.05) is 26.0 Å². The average molecular weight is 315 g/mol. The van der Waals surface area contributed by atoms with Gasteiger partial charge in [-0.15, -0.1) is 0 Å². The van der Waals surface area contributed by atoms with E-state index in [-0.39, 0.29) is 18.1 Å². The zero-order valence-electron chi connectivity index (χ0n) is 14.1. The predicted octanol–water partition coefficient (Wildman–Crippen LogP) is 3.05. The van der Waals surface area contributed by atoms with Crippen molar-refractivity contribution in [3.8, 4) is 0 Å². The van der Waals surface area contributed by atoms with Crippen LogP contribution < -0.4 is 5.32 Å². The number of amides is 1. The fraction of sp³-hybridized carbons (Fsp3) is 0.556. The van der Waals surface area contributed by atoms with E-state index in [9.17, 15) is 4.79 Å².